The average Bonchev–Trinajstić information content (AvgIpc) is 3.29. The molecule has 0 radical (unpaired) electrons. The van der Waals surface area contributed by atoms with E-state index in [1.54, 1.807) is 18.0 Å². The Morgan fingerprint density at radius 2 is 2.26 bits per heavy atom. The second-order valence-electron chi connectivity index (χ2n) is 5.86. The van der Waals surface area contributed by atoms with E-state index in [0.29, 0.717) is 11.7 Å². The zero-order valence-electron chi connectivity index (χ0n) is 13.0. The van der Waals surface area contributed by atoms with Crippen molar-refractivity contribution in [1.82, 2.24) is 14.9 Å². The minimum Gasteiger partial charge on any atom is -0.345 e. The van der Waals surface area contributed by atoms with Crippen molar-refractivity contribution in [2.45, 2.75) is 24.6 Å². The van der Waals surface area contributed by atoms with Gasteiger partial charge in [-0.05, 0) is 30.4 Å². The standard InChI is InChI=1S/C17H20ClN3OS/c1-21-9-8-19-17(21)16(12-6-7-12)20-15(22)11-23-10-13-4-2-3-5-14(13)18/h2-5,8-9,12,16H,6-7,10-11H2,1H3,(H,20,22)/t16-/m0/s1. The van der Waals surface area contributed by atoms with Crippen molar-refractivity contribution in [2.75, 3.05) is 5.75 Å². The molecule has 1 amide bonds. The number of imidazole rings is 1. The van der Waals surface area contributed by atoms with E-state index in [2.05, 4.69) is 10.3 Å². The van der Waals surface area contributed by atoms with Gasteiger partial charge in [-0.25, -0.2) is 4.98 Å². The number of benzene rings is 1. The van der Waals surface area contributed by atoms with Gasteiger partial charge in [0.1, 0.15) is 5.82 Å². The van der Waals surface area contributed by atoms with Gasteiger partial charge in [0.05, 0.1) is 11.8 Å². The Kier molecular flexibility index (Phi) is 5.28. The number of rotatable bonds is 7. The van der Waals surface area contributed by atoms with Gasteiger partial charge in [-0.3, -0.25) is 4.79 Å². The molecule has 1 atom stereocenters. The first-order valence-electron chi connectivity index (χ1n) is 7.73. The van der Waals surface area contributed by atoms with Gasteiger partial charge in [0.25, 0.3) is 0 Å². The van der Waals surface area contributed by atoms with Gasteiger partial charge in [0, 0.05) is 30.2 Å². The molecular formula is C17H20ClN3OS. The summed E-state index contributed by atoms with van der Waals surface area (Å²) < 4.78 is 1.99. The lowest BCUT2D eigenvalue weighted by Gasteiger charge is -2.18. The maximum atomic E-state index is 12.3. The van der Waals surface area contributed by atoms with Crippen molar-refractivity contribution in [1.29, 1.82) is 0 Å². The third kappa shape index (κ3) is 4.30. The number of nitrogens with zero attached hydrogens (tertiary/aromatic N) is 2. The van der Waals surface area contributed by atoms with Crippen molar-refractivity contribution in [3.63, 3.8) is 0 Å². The van der Waals surface area contributed by atoms with Crippen LogP contribution in [-0.2, 0) is 17.6 Å². The molecule has 0 aliphatic heterocycles. The minimum atomic E-state index is 0.0309. The first kappa shape index (κ1) is 16.4. The van der Waals surface area contributed by atoms with Crippen LogP contribution in [0.3, 0.4) is 0 Å². The van der Waals surface area contributed by atoms with Crippen molar-refractivity contribution in [3.05, 3.63) is 53.1 Å². The van der Waals surface area contributed by atoms with Crippen LogP contribution >= 0.6 is 23.4 Å². The van der Waals surface area contributed by atoms with E-state index in [0.717, 1.165) is 35.0 Å². The van der Waals surface area contributed by atoms with Gasteiger partial charge in [-0.2, -0.15) is 0 Å². The number of aryl methyl sites for hydroxylation is 1. The van der Waals surface area contributed by atoms with Crippen LogP contribution in [-0.4, -0.2) is 21.2 Å². The average molecular weight is 350 g/mol. The Morgan fingerprint density at radius 1 is 1.48 bits per heavy atom. The maximum absolute atomic E-state index is 12.3. The molecule has 4 nitrogen and oxygen atoms in total. The van der Waals surface area contributed by atoms with Gasteiger partial charge in [-0.1, -0.05) is 29.8 Å². The molecule has 122 valence electrons. The van der Waals surface area contributed by atoms with Gasteiger partial charge in [-0.15, -0.1) is 11.8 Å². The number of amides is 1. The summed E-state index contributed by atoms with van der Waals surface area (Å²) in [5.74, 6) is 2.69. The Balaban J connectivity index is 1.52. The molecule has 2 aromatic rings. The molecule has 6 heteroatoms. The van der Waals surface area contributed by atoms with Crippen LogP contribution in [0.25, 0.3) is 0 Å². The number of nitrogens with one attached hydrogen (secondary N) is 1. The van der Waals surface area contributed by atoms with Crippen LogP contribution in [0.5, 0.6) is 0 Å². The largest absolute Gasteiger partial charge is 0.345 e. The van der Waals surface area contributed by atoms with E-state index in [9.17, 15) is 4.79 Å². The lowest BCUT2D eigenvalue weighted by Crippen LogP contribution is -2.32. The SMILES string of the molecule is Cn1ccnc1[C@@H](NC(=O)CSCc1ccccc1Cl)C1CC1. The fourth-order valence-corrected chi connectivity index (χ4v) is 3.71. The third-order valence-electron chi connectivity index (χ3n) is 4.00. The monoisotopic (exact) mass is 349 g/mol. The molecule has 0 bridgehead atoms. The normalized spacial score (nSPS) is 15.4. The van der Waals surface area contributed by atoms with Crippen molar-refractivity contribution in [2.24, 2.45) is 13.0 Å². The summed E-state index contributed by atoms with van der Waals surface area (Å²) in [5, 5.41) is 3.90. The van der Waals surface area contributed by atoms with Crippen LogP contribution < -0.4 is 5.32 Å². The van der Waals surface area contributed by atoms with E-state index >= 15 is 0 Å². The highest BCUT2D eigenvalue weighted by atomic mass is 35.5. The molecule has 0 unspecified atom stereocenters. The summed E-state index contributed by atoms with van der Waals surface area (Å²) in [6, 6.07) is 7.78. The van der Waals surface area contributed by atoms with E-state index in [-0.39, 0.29) is 11.9 Å². The molecule has 1 aromatic heterocycles. The number of carbonyl (C=O) groups is 1. The molecular weight excluding hydrogens is 330 g/mol. The van der Waals surface area contributed by atoms with Crippen molar-refractivity contribution in [3.8, 4) is 0 Å². The summed E-state index contributed by atoms with van der Waals surface area (Å²) in [5.41, 5.74) is 1.06. The number of halogens is 1. The molecule has 3 rings (SSSR count). The lowest BCUT2D eigenvalue weighted by atomic mass is 10.1. The van der Waals surface area contributed by atoms with Crippen LogP contribution in [0.15, 0.2) is 36.7 Å². The lowest BCUT2D eigenvalue weighted by molar-refractivity contribution is -0.119. The number of hydrogen-bond acceptors (Lipinski definition) is 3. The molecule has 1 aromatic carbocycles. The highest BCUT2D eigenvalue weighted by Gasteiger charge is 2.35. The zero-order valence-corrected chi connectivity index (χ0v) is 14.6. The third-order valence-corrected chi connectivity index (χ3v) is 5.35. The second-order valence-corrected chi connectivity index (χ2v) is 7.26. The maximum Gasteiger partial charge on any atom is 0.230 e. The number of hydrogen-bond donors (Lipinski definition) is 1. The van der Waals surface area contributed by atoms with Gasteiger partial charge in [0.2, 0.25) is 5.91 Å². The van der Waals surface area contributed by atoms with Gasteiger partial charge < -0.3 is 9.88 Å². The Hall–Kier alpha value is -1.46. The first-order chi connectivity index (χ1) is 11.1. The molecule has 1 aliphatic rings. The zero-order chi connectivity index (χ0) is 16.2. The Morgan fingerprint density at radius 3 is 2.91 bits per heavy atom. The molecule has 1 heterocycles. The molecule has 0 saturated heterocycles. The Labute approximate surface area is 145 Å². The Bertz CT molecular complexity index is 684. The molecule has 1 saturated carbocycles. The smallest absolute Gasteiger partial charge is 0.230 e. The van der Waals surface area contributed by atoms with E-state index in [1.807, 2.05) is 42.1 Å². The summed E-state index contributed by atoms with van der Waals surface area (Å²) in [4.78, 5) is 16.7. The minimum absolute atomic E-state index is 0.0309. The first-order valence-corrected chi connectivity index (χ1v) is 9.26. The number of carbonyl (C=O) groups excluding carboxylic acids is 1. The fraction of sp³-hybridized carbons (Fsp3) is 0.412. The summed E-state index contributed by atoms with van der Waals surface area (Å²) >= 11 is 7.71. The molecule has 1 N–H and O–H groups in total. The molecule has 1 aliphatic carbocycles. The van der Waals surface area contributed by atoms with Gasteiger partial charge in [0.15, 0.2) is 0 Å². The topological polar surface area (TPSA) is 46.9 Å². The van der Waals surface area contributed by atoms with Crippen LogP contribution in [0, 0.1) is 5.92 Å². The van der Waals surface area contributed by atoms with Crippen LogP contribution in [0.2, 0.25) is 5.02 Å². The number of thioether (sulfide) groups is 1. The van der Waals surface area contributed by atoms with Crippen LogP contribution in [0.4, 0.5) is 0 Å². The van der Waals surface area contributed by atoms with Crippen molar-refractivity contribution < 1.29 is 4.79 Å². The highest BCUT2D eigenvalue weighted by molar-refractivity contribution is 7.99. The van der Waals surface area contributed by atoms with Crippen LogP contribution in [0.1, 0.15) is 30.3 Å². The fourth-order valence-electron chi connectivity index (χ4n) is 2.58. The number of aromatic nitrogens is 2. The van der Waals surface area contributed by atoms with Crippen molar-refractivity contribution >= 4 is 29.3 Å². The van der Waals surface area contributed by atoms with E-state index < -0.39 is 0 Å². The molecule has 0 spiro atoms. The summed E-state index contributed by atoms with van der Waals surface area (Å²) in [6.07, 6.45) is 6.02. The quantitative estimate of drug-likeness (QED) is 0.831. The predicted molar refractivity (Wildman–Crippen MR) is 94.4 cm³/mol. The van der Waals surface area contributed by atoms with Gasteiger partial charge >= 0.3 is 0 Å². The summed E-state index contributed by atoms with van der Waals surface area (Å²) in [7, 11) is 1.97. The summed E-state index contributed by atoms with van der Waals surface area (Å²) in [6.45, 7) is 0. The highest BCUT2D eigenvalue weighted by Crippen LogP contribution is 2.40. The second kappa shape index (κ2) is 7.41. The van der Waals surface area contributed by atoms with E-state index in [1.165, 1.54) is 0 Å². The van der Waals surface area contributed by atoms with E-state index in [4.69, 9.17) is 11.6 Å². The molecule has 1 fully saturated rings. The molecule has 23 heavy (non-hydrogen) atoms. The predicted octanol–water partition coefficient (Wildman–Crippen LogP) is 3.57.